The van der Waals surface area contributed by atoms with Gasteiger partial charge < -0.3 is 20.3 Å². The highest BCUT2D eigenvalue weighted by Crippen LogP contribution is 2.35. The molecule has 9 heteroatoms. The molecule has 1 aromatic carbocycles. The number of aliphatic imine (C=N–C) groups is 1. The van der Waals surface area contributed by atoms with E-state index in [1.54, 1.807) is 13.1 Å². The van der Waals surface area contributed by atoms with Crippen molar-refractivity contribution >= 4 is 35.6 Å². The van der Waals surface area contributed by atoms with Crippen molar-refractivity contribution in [2.24, 2.45) is 4.99 Å². The summed E-state index contributed by atoms with van der Waals surface area (Å²) in [5.41, 5.74) is -0.109. The maximum Gasteiger partial charge on any atom is 0.416 e. The van der Waals surface area contributed by atoms with Crippen LogP contribution >= 0.6 is 24.0 Å². The van der Waals surface area contributed by atoms with Crippen LogP contribution in [0, 0.1) is 0 Å². The Bertz CT molecular complexity index is 638. The van der Waals surface area contributed by atoms with Crippen molar-refractivity contribution in [3.8, 4) is 0 Å². The Labute approximate surface area is 175 Å². The van der Waals surface area contributed by atoms with E-state index in [9.17, 15) is 13.2 Å². The van der Waals surface area contributed by atoms with E-state index in [0.29, 0.717) is 38.0 Å². The first kappa shape index (κ1) is 23.8. The molecule has 1 aromatic rings. The van der Waals surface area contributed by atoms with Crippen LogP contribution in [0.5, 0.6) is 0 Å². The third-order valence-electron chi connectivity index (χ3n) is 3.94. The van der Waals surface area contributed by atoms with Crippen LogP contribution in [0.1, 0.15) is 31.9 Å². The molecule has 1 fully saturated rings. The number of hydrogen-bond acceptors (Lipinski definition) is 3. The highest BCUT2D eigenvalue weighted by molar-refractivity contribution is 14.0. The zero-order chi connectivity index (χ0) is 19.4. The number of morpholine rings is 1. The minimum atomic E-state index is -4.42. The minimum Gasteiger partial charge on any atom is -0.378 e. The summed E-state index contributed by atoms with van der Waals surface area (Å²) in [7, 11) is 1.59. The number of ether oxygens (including phenoxy) is 1. The maximum atomic E-state index is 13.6. The van der Waals surface area contributed by atoms with Gasteiger partial charge in [0.2, 0.25) is 0 Å². The van der Waals surface area contributed by atoms with Gasteiger partial charge >= 0.3 is 6.18 Å². The number of rotatable bonds is 3. The van der Waals surface area contributed by atoms with E-state index in [1.807, 2.05) is 25.7 Å². The summed E-state index contributed by atoms with van der Waals surface area (Å²) in [5, 5.41) is 6.09. The number of benzene rings is 1. The van der Waals surface area contributed by atoms with Crippen LogP contribution in [0.25, 0.3) is 0 Å². The van der Waals surface area contributed by atoms with Crippen molar-refractivity contribution < 1.29 is 17.9 Å². The van der Waals surface area contributed by atoms with E-state index in [1.165, 1.54) is 12.1 Å². The van der Waals surface area contributed by atoms with Crippen molar-refractivity contribution in [3.63, 3.8) is 0 Å². The first-order chi connectivity index (χ1) is 12.1. The molecule has 0 saturated carbocycles. The maximum absolute atomic E-state index is 13.6. The monoisotopic (exact) mass is 500 g/mol. The molecule has 0 amide bonds. The van der Waals surface area contributed by atoms with Gasteiger partial charge in [0.25, 0.3) is 0 Å². The van der Waals surface area contributed by atoms with Gasteiger partial charge in [-0.15, -0.1) is 24.0 Å². The highest BCUT2D eigenvalue weighted by Gasteiger charge is 2.34. The molecule has 2 rings (SSSR count). The normalized spacial score (nSPS) is 16.0. The summed E-state index contributed by atoms with van der Waals surface area (Å²) in [6, 6.07) is 4.49. The van der Waals surface area contributed by atoms with Gasteiger partial charge in [-0.1, -0.05) is 6.07 Å². The van der Waals surface area contributed by atoms with E-state index < -0.39 is 11.7 Å². The van der Waals surface area contributed by atoms with Crippen molar-refractivity contribution in [1.82, 2.24) is 10.6 Å². The summed E-state index contributed by atoms with van der Waals surface area (Å²) in [6.07, 6.45) is -4.42. The lowest BCUT2D eigenvalue weighted by molar-refractivity contribution is -0.138. The Balaban J connectivity index is 0.00000364. The van der Waals surface area contributed by atoms with Gasteiger partial charge in [-0.2, -0.15) is 13.2 Å². The summed E-state index contributed by atoms with van der Waals surface area (Å²) < 4.78 is 45.9. The van der Waals surface area contributed by atoms with E-state index in [2.05, 4.69) is 15.6 Å². The molecular formula is C18H28F3IN4O. The molecule has 5 nitrogen and oxygen atoms in total. The molecule has 1 aliphatic heterocycles. The minimum absolute atomic E-state index is 0. The predicted octanol–water partition coefficient (Wildman–Crippen LogP) is 3.62. The van der Waals surface area contributed by atoms with Crippen LogP contribution in [0.15, 0.2) is 23.2 Å². The van der Waals surface area contributed by atoms with E-state index in [-0.39, 0.29) is 41.6 Å². The molecule has 0 aromatic heterocycles. The van der Waals surface area contributed by atoms with Crippen molar-refractivity contribution in [2.45, 2.75) is 39.0 Å². The van der Waals surface area contributed by atoms with Gasteiger partial charge in [0.1, 0.15) is 0 Å². The van der Waals surface area contributed by atoms with Crippen LogP contribution in [-0.2, 0) is 17.5 Å². The molecule has 1 heterocycles. The SMILES string of the molecule is CN=C(NCc1ccc(N2CCOCC2)cc1C(F)(F)F)NC(C)(C)C.I. The van der Waals surface area contributed by atoms with E-state index in [0.717, 1.165) is 0 Å². The smallest absolute Gasteiger partial charge is 0.378 e. The molecule has 1 saturated heterocycles. The first-order valence-corrected chi connectivity index (χ1v) is 8.62. The number of halogens is 4. The summed E-state index contributed by atoms with van der Waals surface area (Å²) >= 11 is 0. The molecule has 0 bridgehead atoms. The van der Waals surface area contributed by atoms with Gasteiger partial charge in [-0.3, -0.25) is 4.99 Å². The largest absolute Gasteiger partial charge is 0.416 e. The molecule has 27 heavy (non-hydrogen) atoms. The topological polar surface area (TPSA) is 48.9 Å². The highest BCUT2D eigenvalue weighted by atomic mass is 127. The first-order valence-electron chi connectivity index (χ1n) is 8.62. The molecule has 0 radical (unpaired) electrons. The zero-order valence-corrected chi connectivity index (χ0v) is 18.4. The number of guanidine groups is 1. The number of nitrogens with zero attached hydrogens (tertiary/aromatic N) is 2. The summed E-state index contributed by atoms with van der Waals surface area (Å²) in [6.45, 7) is 8.15. The van der Waals surface area contributed by atoms with Gasteiger partial charge in [0.05, 0.1) is 18.8 Å². The van der Waals surface area contributed by atoms with Crippen molar-refractivity contribution in [3.05, 3.63) is 29.3 Å². The molecule has 0 unspecified atom stereocenters. The van der Waals surface area contributed by atoms with Crippen molar-refractivity contribution in [2.75, 3.05) is 38.3 Å². The Morgan fingerprint density at radius 3 is 2.33 bits per heavy atom. The zero-order valence-electron chi connectivity index (χ0n) is 16.1. The lowest BCUT2D eigenvalue weighted by Crippen LogP contribution is -2.47. The third-order valence-corrected chi connectivity index (χ3v) is 3.94. The Morgan fingerprint density at radius 1 is 1.19 bits per heavy atom. The number of alkyl halides is 3. The number of nitrogens with one attached hydrogen (secondary N) is 2. The molecule has 0 aliphatic carbocycles. The van der Waals surface area contributed by atoms with Gasteiger partial charge in [-0.25, -0.2) is 0 Å². The fourth-order valence-corrected chi connectivity index (χ4v) is 2.71. The number of anilines is 1. The van der Waals surface area contributed by atoms with Crippen LogP contribution in [0.2, 0.25) is 0 Å². The molecule has 2 N–H and O–H groups in total. The molecule has 0 spiro atoms. The molecular weight excluding hydrogens is 472 g/mol. The van der Waals surface area contributed by atoms with Crippen LogP contribution in [0.3, 0.4) is 0 Å². The quantitative estimate of drug-likeness (QED) is 0.378. The molecule has 1 aliphatic rings. The average molecular weight is 500 g/mol. The fourth-order valence-electron chi connectivity index (χ4n) is 2.71. The van der Waals surface area contributed by atoms with E-state index in [4.69, 9.17) is 4.74 Å². The summed E-state index contributed by atoms with van der Waals surface area (Å²) in [4.78, 5) is 5.98. The lowest BCUT2D eigenvalue weighted by atomic mass is 10.0. The Morgan fingerprint density at radius 2 is 1.81 bits per heavy atom. The van der Waals surface area contributed by atoms with Crippen molar-refractivity contribution in [1.29, 1.82) is 0 Å². The third kappa shape index (κ3) is 7.36. The van der Waals surface area contributed by atoms with Crippen LogP contribution < -0.4 is 15.5 Å². The van der Waals surface area contributed by atoms with Crippen LogP contribution in [0.4, 0.5) is 18.9 Å². The Hall–Kier alpha value is -1.23. The number of hydrogen-bond donors (Lipinski definition) is 2. The second-order valence-electron chi connectivity index (χ2n) is 7.24. The van der Waals surface area contributed by atoms with E-state index >= 15 is 0 Å². The standard InChI is InChI=1S/C18H27F3N4O.HI/c1-17(2,3)24-16(22-4)23-12-13-5-6-14(11-15(13)18(19,20)21)25-7-9-26-10-8-25;/h5-6,11H,7-10,12H2,1-4H3,(H2,22,23,24);1H. The van der Waals surface area contributed by atoms with Gasteiger partial charge in [0, 0.05) is 37.9 Å². The Kier molecular flexibility index (Phi) is 8.65. The summed E-state index contributed by atoms with van der Waals surface area (Å²) in [5.74, 6) is 0.461. The second-order valence-corrected chi connectivity index (χ2v) is 7.24. The molecule has 154 valence electrons. The predicted molar refractivity (Wildman–Crippen MR) is 113 cm³/mol. The van der Waals surface area contributed by atoms with Gasteiger partial charge in [-0.05, 0) is 38.5 Å². The average Bonchev–Trinajstić information content (AvgIpc) is 2.57. The molecule has 0 atom stereocenters. The lowest BCUT2D eigenvalue weighted by Gasteiger charge is -2.30. The van der Waals surface area contributed by atoms with Gasteiger partial charge in [0.15, 0.2) is 5.96 Å². The fraction of sp³-hybridized carbons (Fsp3) is 0.611. The van der Waals surface area contributed by atoms with Crippen LogP contribution in [-0.4, -0.2) is 44.8 Å². The second kappa shape index (κ2) is 9.81.